The maximum absolute atomic E-state index is 13.6. The molecule has 0 heterocycles. The lowest BCUT2D eigenvalue weighted by molar-refractivity contribution is -0.140. The molecule has 144 valence electrons. The summed E-state index contributed by atoms with van der Waals surface area (Å²) in [6.07, 6.45) is -0.815. The molecule has 7 heteroatoms. The van der Waals surface area contributed by atoms with Crippen LogP contribution in [-0.2, 0) is 9.59 Å². The van der Waals surface area contributed by atoms with Crippen LogP contribution in [0.3, 0.4) is 0 Å². The molecular weight excluding hydrogens is 354 g/mol. The molecule has 0 saturated heterocycles. The third-order valence-corrected chi connectivity index (χ3v) is 3.91. The van der Waals surface area contributed by atoms with Crippen LogP contribution in [0.2, 0.25) is 0 Å². The fourth-order valence-electron chi connectivity index (χ4n) is 2.52. The Kier molecular flexibility index (Phi) is 6.87. The van der Waals surface area contributed by atoms with Crippen molar-refractivity contribution >= 4 is 17.5 Å². The molecule has 2 rings (SSSR count). The van der Waals surface area contributed by atoms with E-state index in [0.29, 0.717) is 5.75 Å². The molecule has 0 aliphatic carbocycles. The zero-order valence-electron chi connectivity index (χ0n) is 15.5. The maximum Gasteiger partial charge on any atom is 0.263 e. The highest BCUT2D eigenvalue weighted by atomic mass is 19.1. The van der Waals surface area contributed by atoms with E-state index in [1.54, 1.807) is 26.0 Å². The molecule has 1 atom stereocenters. The van der Waals surface area contributed by atoms with E-state index in [-0.39, 0.29) is 13.1 Å². The molecule has 2 aromatic carbocycles. The van der Waals surface area contributed by atoms with Gasteiger partial charge in [-0.05, 0) is 50.6 Å². The summed E-state index contributed by atoms with van der Waals surface area (Å²) in [5, 5.41) is 2.17. The zero-order valence-corrected chi connectivity index (χ0v) is 15.5. The predicted molar refractivity (Wildman–Crippen MR) is 98.5 cm³/mol. The summed E-state index contributed by atoms with van der Waals surface area (Å²) in [7, 11) is 0. The summed E-state index contributed by atoms with van der Waals surface area (Å²) in [4.78, 5) is 26.0. The Bertz CT molecular complexity index is 806. The van der Waals surface area contributed by atoms with Crippen LogP contribution in [0.5, 0.6) is 5.75 Å². The van der Waals surface area contributed by atoms with Gasteiger partial charge in [-0.1, -0.05) is 18.2 Å². The van der Waals surface area contributed by atoms with Crippen molar-refractivity contribution in [2.45, 2.75) is 26.9 Å². The number of halogens is 2. The van der Waals surface area contributed by atoms with Gasteiger partial charge in [-0.2, -0.15) is 0 Å². The lowest BCUT2D eigenvalue weighted by Gasteiger charge is -2.24. The quantitative estimate of drug-likeness (QED) is 0.804. The number of ether oxygens (including phenoxy) is 1. The predicted octanol–water partition coefficient (Wildman–Crippen LogP) is 3.53. The van der Waals surface area contributed by atoms with Gasteiger partial charge in [-0.15, -0.1) is 0 Å². The first kappa shape index (κ1) is 20.4. The van der Waals surface area contributed by atoms with Gasteiger partial charge >= 0.3 is 0 Å². The SMILES string of the molecule is CCN(CC(=O)Nc1c(F)cccc1F)C(=O)C(C)Oc1cccc(C)c1. The van der Waals surface area contributed by atoms with E-state index in [4.69, 9.17) is 4.74 Å². The average molecular weight is 376 g/mol. The third kappa shape index (κ3) is 5.51. The van der Waals surface area contributed by atoms with Crippen LogP contribution >= 0.6 is 0 Å². The average Bonchev–Trinajstić information content (AvgIpc) is 2.62. The summed E-state index contributed by atoms with van der Waals surface area (Å²) in [6.45, 7) is 5.10. The zero-order chi connectivity index (χ0) is 20.0. The smallest absolute Gasteiger partial charge is 0.263 e. The summed E-state index contributed by atoms with van der Waals surface area (Å²) in [6, 6.07) is 10.5. The van der Waals surface area contributed by atoms with Crippen molar-refractivity contribution in [2.24, 2.45) is 0 Å². The van der Waals surface area contributed by atoms with Gasteiger partial charge in [0.2, 0.25) is 5.91 Å². The van der Waals surface area contributed by atoms with Gasteiger partial charge in [0, 0.05) is 6.54 Å². The summed E-state index contributed by atoms with van der Waals surface area (Å²) < 4.78 is 32.9. The minimum atomic E-state index is -0.881. The maximum atomic E-state index is 13.6. The standard InChI is InChI=1S/C20H22F2N2O3/c1-4-24(12-18(25)23-19-16(21)9-6-10-17(19)22)20(26)14(3)27-15-8-5-7-13(2)11-15/h5-11,14H,4,12H2,1-3H3,(H,23,25). The minimum absolute atomic E-state index is 0.244. The number of hydrogen-bond acceptors (Lipinski definition) is 3. The number of amides is 2. The van der Waals surface area contributed by atoms with Gasteiger partial charge in [0.1, 0.15) is 23.1 Å². The normalized spacial score (nSPS) is 11.6. The van der Waals surface area contributed by atoms with Crippen molar-refractivity contribution in [3.8, 4) is 5.75 Å². The second-order valence-corrected chi connectivity index (χ2v) is 6.07. The van der Waals surface area contributed by atoms with Gasteiger partial charge in [-0.25, -0.2) is 8.78 Å². The Balaban J connectivity index is 2.00. The van der Waals surface area contributed by atoms with Gasteiger partial charge in [0.05, 0.1) is 6.54 Å². The topological polar surface area (TPSA) is 58.6 Å². The van der Waals surface area contributed by atoms with E-state index in [1.165, 1.54) is 11.0 Å². The Labute approximate surface area is 156 Å². The molecule has 27 heavy (non-hydrogen) atoms. The molecule has 1 unspecified atom stereocenters. The van der Waals surface area contributed by atoms with Crippen molar-refractivity contribution in [3.05, 3.63) is 59.7 Å². The molecule has 0 spiro atoms. The number of nitrogens with one attached hydrogen (secondary N) is 1. The first-order chi connectivity index (χ1) is 12.8. The van der Waals surface area contributed by atoms with Gasteiger partial charge in [0.25, 0.3) is 5.91 Å². The van der Waals surface area contributed by atoms with Crippen molar-refractivity contribution in [1.29, 1.82) is 0 Å². The molecule has 0 aliphatic heterocycles. The Morgan fingerprint density at radius 1 is 1.15 bits per heavy atom. The Morgan fingerprint density at radius 3 is 2.37 bits per heavy atom. The molecule has 2 aromatic rings. The molecule has 0 aliphatic rings. The van der Waals surface area contributed by atoms with Gasteiger partial charge < -0.3 is 15.0 Å². The summed E-state index contributed by atoms with van der Waals surface area (Å²) >= 11 is 0. The van der Waals surface area contributed by atoms with E-state index in [2.05, 4.69) is 5.32 Å². The van der Waals surface area contributed by atoms with Gasteiger partial charge in [-0.3, -0.25) is 9.59 Å². The van der Waals surface area contributed by atoms with Crippen LogP contribution < -0.4 is 10.1 Å². The highest BCUT2D eigenvalue weighted by Crippen LogP contribution is 2.18. The molecule has 0 radical (unpaired) electrons. The molecule has 0 aromatic heterocycles. The number of benzene rings is 2. The molecule has 5 nitrogen and oxygen atoms in total. The fraction of sp³-hybridized carbons (Fsp3) is 0.300. The van der Waals surface area contributed by atoms with Crippen LogP contribution in [0, 0.1) is 18.6 Å². The Hall–Kier alpha value is -2.96. The number of likely N-dealkylation sites (N-methyl/N-ethyl adjacent to an activating group) is 1. The number of carbonyl (C=O) groups is 2. The largest absolute Gasteiger partial charge is 0.481 e. The highest BCUT2D eigenvalue weighted by Gasteiger charge is 2.24. The van der Waals surface area contributed by atoms with Crippen molar-refractivity contribution in [2.75, 3.05) is 18.4 Å². The molecular formula is C20H22F2N2O3. The second-order valence-electron chi connectivity index (χ2n) is 6.07. The van der Waals surface area contributed by atoms with E-state index >= 15 is 0 Å². The second kappa shape index (κ2) is 9.12. The number of nitrogens with zero attached hydrogens (tertiary/aromatic N) is 1. The summed E-state index contributed by atoms with van der Waals surface area (Å²) in [5.74, 6) is -2.31. The number of hydrogen-bond donors (Lipinski definition) is 1. The number of para-hydroxylation sites is 1. The number of carbonyl (C=O) groups excluding carboxylic acids is 2. The van der Waals surface area contributed by atoms with E-state index < -0.39 is 35.2 Å². The fourth-order valence-corrected chi connectivity index (χ4v) is 2.52. The molecule has 0 saturated carbocycles. The van der Waals surface area contributed by atoms with Crippen molar-refractivity contribution in [1.82, 2.24) is 4.90 Å². The molecule has 2 amide bonds. The first-order valence-corrected chi connectivity index (χ1v) is 8.57. The van der Waals surface area contributed by atoms with Crippen molar-refractivity contribution < 1.29 is 23.1 Å². The lowest BCUT2D eigenvalue weighted by atomic mass is 10.2. The third-order valence-electron chi connectivity index (χ3n) is 3.91. The van der Waals surface area contributed by atoms with Gasteiger partial charge in [0.15, 0.2) is 6.10 Å². The van der Waals surface area contributed by atoms with E-state index in [0.717, 1.165) is 17.7 Å². The molecule has 0 bridgehead atoms. The first-order valence-electron chi connectivity index (χ1n) is 8.57. The van der Waals surface area contributed by atoms with Crippen molar-refractivity contribution in [3.63, 3.8) is 0 Å². The summed E-state index contributed by atoms with van der Waals surface area (Å²) in [5.41, 5.74) is 0.459. The number of anilines is 1. The molecule has 0 fully saturated rings. The van der Waals surface area contributed by atoms with E-state index in [1.807, 2.05) is 19.1 Å². The van der Waals surface area contributed by atoms with Crippen LogP contribution in [0.1, 0.15) is 19.4 Å². The monoisotopic (exact) mass is 376 g/mol. The minimum Gasteiger partial charge on any atom is -0.481 e. The molecule has 1 N–H and O–H groups in total. The number of rotatable bonds is 7. The van der Waals surface area contributed by atoms with E-state index in [9.17, 15) is 18.4 Å². The Morgan fingerprint density at radius 2 is 1.78 bits per heavy atom. The van der Waals surface area contributed by atoms with Crippen LogP contribution in [-0.4, -0.2) is 35.9 Å². The van der Waals surface area contributed by atoms with Crippen LogP contribution in [0.15, 0.2) is 42.5 Å². The van der Waals surface area contributed by atoms with Crippen LogP contribution in [0.4, 0.5) is 14.5 Å². The van der Waals surface area contributed by atoms with Crippen LogP contribution in [0.25, 0.3) is 0 Å². The lowest BCUT2D eigenvalue weighted by Crippen LogP contribution is -2.44. The highest BCUT2D eigenvalue weighted by molar-refractivity contribution is 5.95. The number of aryl methyl sites for hydroxylation is 1.